The Morgan fingerprint density at radius 2 is 2.50 bits per heavy atom. The van der Waals surface area contributed by atoms with Gasteiger partial charge in [0.25, 0.3) is 0 Å². The van der Waals surface area contributed by atoms with E-state index in [0.29, 0.717) is 13.2 Å². The summed E-state index contributed by atoms with van der Waals surface area (Å²) in [5.41, 5.74) is 6.51. The average Bonchev–Trinajstić information content (AvgIpc) is 2.32. The molecule has 2 heterocycles. The molecular weight excluding hydrogens is 206 g/mol. The van der Waals surface area contributed by atoms with Crippen LogP contribution in [-0.4, -0.2) is 35.8 Å². The zero-order chi connectivity index (χ0) is 11.5. The fourth-order valence-corrected chi connectivity index (χ4v) is 1.69. The summed E-state index contributed by atoms with van der Waals surface area (Å²) in [4.78, 5) is 10.1. The zero-order valence-electron chi connectivity index (χ0n) is 9.05. The van der Waals surface area contributed by atoms with E-state index in [1.54, 1.807) is 6.20 Å². The van der Waals surface area contributed by atoms with E-state index < -0.39 is 6.10 Å². The van der Waals surface area contributed by atoms with Crippen molar-refractivity contribution in [3.05, 3.63) is 11.8 Å². The zero-order valence-corrected chi connectivity index (χ0v) is 9.05. The van der Waals surface area contributed by atoms with E-state index in [4.69, 9.17) is 15.7 Å². The molecule has 0 radical (unpaired) electrons. The van der Waals surface area contributed by atoms with Gasteiger partial charge in [0.05, 0.1) is 19.2 Å². The first-order chi connectivity index (χ1) is 7.70. The van der Waals surface area contributed by atoms with E-state index >= 15 is 0 Å². The minimum absolute atomic E-state index is 0.251. The Labute approximate surface area is 93.7 Å². The second kappa shape index (κ2) is 4.33. The first-order valence-corrected chi connectivity index (χ1v) is 5.06. The van der Waals surface area contributed by atoms with Crippen LogP contribution in [0.25, 0.3) is 0 Å². The molecule has 0 aliphatic carbocycles. The van der Waals surface area contributed by atoms with Crippen LogP contribution >= 0.6 is 0 Å². The first-order valence-electron chi connectivity index (χ1n) is 5.06. The highest BCUT2D eigenvalue weighted by atomic mass is 16.5. The monoisotopic (exact) mass is 219 g/mol. The predicted molar refractivity (Wildman–Crippen MR) is 58.7 cm³/mol. The highest BCUT2D eigenvalue weighted by Crippen LogP contribution is 2.19. The van der Waals surface area contributed by atoms with Crippen LogP contribution in [-0.2, 0) is 4.74 Å². The molecule has 2 N–H and O–H groups in total. The molecule has 0 saturated carbocycles. The summed E-state index contributed by atoms with van der Waals surface area (Å²) < 4.78 is 5.27. The number of anilines is 2. The molecule has 1 unspecified atom stereocenters. The summed E-state index contributed by atoms with van der Waals surface area (Å²) in [6, 6.07) is 2.10. The Hall–Kier alpha value is -1.87. The quantitative estimate of drug-likeness (QED) is 0.720. The van der Waals surface area contributed by atoms with E-state index in [0.717, 1.165) is 17.9 Å². The lowest BCUT2D eigenvalue weighted by Gasteiger charge is -2.31. The van der Waals surface area contributed by atoms with E-state index in [-0.39, 0.29) is 5.95 Å². The Bertz CT molecular complexity index is 428. The van der Waals surface area contributed by atoms with Crippen LogP contribution in [0.15, 0.2) is 6.20 Å². The van der Waals surface area contributed by atoms with Gasteiger partial charge < -0.3 is 15.4 Å². The number of nitrogen functional groups attached to an aromatic ring is 1. The predicted octanol–water partition coefficient (Wildman–Crippen LogP) is 0.0960. The van der Waals surface area contributed by atoms with Gasteiger partial charge in [-0.3, -0.25) is 0 Å². The van der Waals surface area contributed by atoms with Gasteiger partial charge >= 0.3 is 0 Å². The molecule has 1 aromatic rings. The second-order valence-corrected chi connectivity index (χ2v) is 3.67. The third-order valence-corrected chi connectivity index (χ3v) is 2.47. The lowest BCUT2D eigenvalue weighted by molar-refractivity contribution is 0.0761. The van der Waals surface area contributed by atoms with Gasteiger partial charge in [0.15, 0.2) is 6.10 Å². The van der Waals surface area contributed by atoms with Crippen molar-refractivity contribution in [3.63, 3.8) is 0 Å². The van der Waals surface area contributed by atoms with Crippen molar-refractivity contribution >= 4 is 11.8 Å². The third kappa shape index (κ3) is 2.04. The number of aryl methyl sites for hydroxylation is 1. The van der Waals surface area contributed by atoms with Gasteiger partial charge in [-0.15, -0.1) is 0 Å². The molecule has 1 aliphatic rings. The fraction of sp³-hybridized carbons (Fsp3) is 0.500. The van der Waals surface area contributed by atoms with Crippen molar-refractivity contribution in [3.8, 4) is 6.07 Å². The number of hydrogen-bond donors (Lipinski definition) is 1. The molecule has 16 heavy (non-hydrogen) atoms. The largest absolute Gasteiger partial charge is 0.368 e. The van der Waals surface area contributed by atoms with Crippen molar-refractivity contribution < 1.29 is 4.74 Å². The van der Waals surface area contributed by atoms with Gasteiger partial charge in [-0.25, -0.2) is 4.98 Å². The van der Waals surface area contributed by atoms with Crippen LogP contribution in [0.4, 0.5) is 11.8 Å². The smallest absolute Gasteiger partial charge is 0.221 e. The van der Waals surface area contributed by atoms with Crippen molar-refractivity contribution in [2.45, 2.75) is 13.0 Å². The van der Waals surface area contributed by atoms with Gasteiger partial charge in [0.1, 0.15) is 5.82 Å². The van der Waals surface area contributed by atoms with Gasteiger partial charge in [0.2, 0.25) is 5.95 Å². The van der Waals surface area contributed by atoms with Crippen LogP contribution in [0.2, 0.25) is 0 Å². The second-order valence-electron chi connectivity index (χ2n) is 3.67. The lowest BCUT2D eigenvalue weighted by atomic mass is 10.2. The molecule has 84 valence electrons. The van der Waals surface area contributed by atoms with E-state index in [9.17, 15) is 0 Å². The molecule has 1 atom stereocenters. The molecule has 6 nitrogen and oxygen atoms in total. The number of hydrogen-bond acceptors (Lipinski definition) is 6. The summed E-state index contributed by atoms with van der Waals surface area (Å²) in [5.74, 6) is 1.04. The topological polar surface area (TPSA) is 88.1 Å². The number of nitrogens with zero attached hydrogens (tertiary/aromatic N) is 4. The maximum Gasteiger partial charge on any atom is 0.221 e. The Kier molecular flexibility index (Phi) is 2.88. The lowest BCUT2D eigenvalue weighted by Crippen LogP contribution is -2.42. The molecular formula is C10H13N5O. The van der Waals surface area contributed by atoms with Crippen molar-refractivity contribution in [2.24, 2.45) is 0 Å². The maximum absolute atomic E-state index is 8.82. The number of morpholine rings is 1. The molecule has 0 spiro atoms. The summed E-state index contributed by atoms with van der Waals surface area (Å²) >= 11 is 0. The van der Waals surface area contributed by atoms with Crippen LogP contribution < -0.4 is 10.6 Å². The number of nitriles is 1. The van der Waals surface area contributed by atoms with Crippen LogP contribution in [0.1, 0.15) is 5.56 Å². The minimum Gasteiger partial charge on any atom is -0.368 e. The first kappa shape index (κ1) is 10.6. The van der Waals surface area contributed by atoms with Crippen molar-refractivity contribution in [1.82, 2.24) is 9.97 Å². The minimum atomic E-state index is -0.399. The Morgan fingerprint density at radius 1 is 1.69 bits per heavy atom. The summed E-state index contributed by atoms with van der Waals surface area (Å²) in [5, 5.41) is 8.82. The molecule has 2 rings (SSSR count). The fourth-order valence-electron chi connectivity index (χ4n) is 1.69. The summed E-state index contributed by atoms with van der Waals surface area (Å²) in [7, 11) is 0. The SMILES string of the molecule is Cc1cnc(N)nc1N1CCOC(C#N)C1. The molecule has 0 aromatic carbocycles. The standard InChI is InChI=1S/C10H13N5O/c1-7-5-13-10(12)14-9(7)15-2-3-16-8(4-11)6-15/h5,8H,2-3,6H2,1H3,(H2,12,13,14). The third-order valence-electron chi connectivity index (χ3n) is 2.47. The van der Waals surface area contributed by atoms with Crippen LogP contribution in [0.3, 0.4) is 0 Å². The van der Waals surface area contributed by atoms with E-state index in [1.165, 1.54) is 0 Å². The van der Waals surface area contributed by atoms with E-state index in [1.807, 2.05) is 11.8 Å². The summed E-state index contributed by atoms with van der Waals surface area (Å²) in [6.45, 7) is 3.69. The molecule has 1 saturated heterocycles. The number of aromatic nitrogens is 2. The van der Waals surface area contributed by atoms with Gasteiger partial charge in [-0.2, -0.15) is 10.2 Å². The van der Waals surface area contributed by atoms with Gasteiger partial charge in [-0.05, 0) is 6.92 Å². The number of ether oxygens (including phenoxy) is 1. The molecule has 1 fully saturated rings. The molecule has 0 bridgehead atoms. The molecule has 1 aromatic heterocycles. The number of rotatable bonds is 1. The Balaban J connectivity index is 2.23. The Morgan fingerprint density at radius 3 is 3.25 bits per heavy atom. The molecule has 6 heteroatoms. The highest BCUT2D eigenvalue weighted by molar-refractivity contribution is 5.48. The normalized spacial score (nSPS) is 20.5. The van der Waals surface area contributed by atoms with Gasteiger partial charge in [-0.1, -0.05) is 0 Å². The molecule has 1 aliphatic heterocycles. The van der Waals surface area contributed by atoms with E-state index in [2.05, 4.69) is 16.0 Å². The van der Waals surface area contributed by atoms with Crippen LogP contribution in [0.5, 0.6) is 0 Å². The van der Waals surface area contributed by atoms with Crippen molar-refractivity contribution in [2.75, 3.05) is 30.3 Å². The maximum atomic E-state index is 8.82. The summed E-state index contributed by atoms with van der Waals surface area (Å²) in [6.07, 6.45) is 1.29. The number of nitrogens with two attached hydrogens (primary N) is 1. The molecule has 0 amide bonds. The van der Waals surface area contributed by atoms with Gasteiger partial charge in [0, 0.05) is 18.3 Å². The average molecular weight is 219 g/mol. The highest BCUT2D eigenvalue weighted by Gasteiger charge is 2.22. The van der Waals surface area contributed by atoms with Crippen molar-refractivity contribution in [1.29, 1.82) is 5.26 Å². The van der Waals surface area contributed by atoms with Crippen LogP contribution in [0, 0.1) is 18.3 Å².